The fourth-order valence-electron chi connectivity index (χ4n) is 4.01. The van der Waals surface area contributed by atoms with Gasteiger partial charge in [0.05, 0.1) is 5.41 Å². The minimum Gasteiger partial charge on any atom is -0.353 e. The molecule has 3 rings (SSSR count). The summed E-state index contributed by atoms with van der Waals surface area (Å²) >= 11 is 0. The van der Waals surface area contributed by atoms with E-state index in [4.69, 9.17) is 0 Å². The third kappa shape index (κ3) is 2.10. The van der Waals surface area contributed by atoms with Crippen molar-refractivity contribution in [3.05, 3.63) is 0 Å². The zero-order valence-electron chi connectivity index (χ0n) is 10.8. The van der Waals surface area contributed by atoms with Crippen molar-refractivity contribution in [2.75, 3.05) is 13.1 Å². The smallest absolute Gasteiger partial charge is 0.227 e. The van der Waals surface area contributed by atoms with Crippen LogP contribution in [0, 0.1) is 17.3 Å². The molecule has 4 atom stereocenters. The van der Waals surface area contributed by atoms with Crippen molar-refractivity contribution in [3.8, 4) is 0 Å². The minimum absolute atomic E-state index is 0.167. The van der Waals surface area contributed by atoms with Crippen LogP contribution in [0.3, 0.4) is 0 Å². The second-order valence-corrected chi connectivity index (χ2v) is 6.60. The summed E-state index contributed by atoms with van der Waals surface area (Å²) in [5, 5.41) is 6.70. The van der Waals surface area contributed by atoms with Gasteiger partial charge in [0.2, 0.25) is 5.91 Å². The lowest BCUT2D eigenvalue weighted by molar-refractivity contribution is -0.132. The largest absolute Gasteiger partial charge is 0.353 e. The lowest BCUT2D eigenvalue weighted by Crippen LogP contribution is -2.52. The van der Waals surface area contributed by atoms with Gasteiger partial charge in [0.15, 0.2) is 0 Å². The molecule has 2 N–H and O–H groups in total. The lowest BCUT2D eigenvalue weighted by Gasteiger charge is -2.35. The number of carbonyl (C=O) groups excluding carboxylic acids is 1. The quantitative estimate of drug-likeness (QED) is 0.766. The third-order valence-corrected chi connectivity index (χ3v) is 5.20. The lowest BCUT2D eigenvalue weighted by atomic mass is 9.81. The molecule has 1 aliphatic heterocycles. The monoisotopic (exact) mass is 236 g/mol. The zero-order valence-corrected chi connectivity index (χ0v) is 10.8. The van der Waals surface area contributed by atoms with Crippen LogP contribution < -0.4 is 10.6 Å². The molecular formula is C14H24N2O. The molecule has 2 bridgehead atoms. The number of nitrogens with one attached hydrogen (secondary N) is 2. The molecule has 0 spiro atoms. The van der Waals surface area contributed by atoms with E-state index in [1.807, 2.05) is 0 Å². The van der Waals surface area contributed by atoms with Crippen LogP contribution in [0.15, 0.2) is 0 Å². The highest BCUT2D eigenvalue weighted by Gasteiger charge is 2.43. The van der Waals surface area contributed by atoms with Crippen molar-refractivity contribution < 1.29 is 4.79 Å². The van der Waals surface area contributed by atoms with Crippen LogP contribution in [0.25, 0.3) is 0 Å². The zero-order chi connectivity index (χ0) is 11.9. The number of hydrogen-bond donors (Lipinski definition) is 2. The summed E-state index contributed by atoms with van der Waals surface area (Å²) in [6.45, 7) is 4.03. The Morgan fingerprint density at radius 2 is 2.24 bits per heavy atom. The van der Waals surface area contributed by atoms with Gasteiger partial charge in [-0.15, -0.1) is 0 Å². The van der Waals surface area contributed by atoms with Crippen molar-refractivity contribution in [1.82, 2.24) is 10.6 Å². The van der Waals surface area contributed by atoms with Crippen LogP contribution in [0.2, 0.25) is 0 Å². The van der Waals surface area contributed by atoms with Gasteiger partial charge >= 0.3 is 0 Å². The predicted octanol–water partition coefficient (Wildman–Crippen LogP) is 1.68. The molecule has 3 heteroatoms. The van der Waals surface area contributed by atoms with Crippen LogP contribution in [0.4, 0.5) is 0 Å². The SMILES string of the molecule is CC1(C(=O)NC2CC3CCC2C3)CCCNC1. The van der Waals surface area contributed by atoms with E-state index in [1.54, 1.807) is 0 Å². The maximum atomic E-state index is 12.4. The van der Waals surface area contributed by atoms with Crippen molar-refractivity contribution in [2.24, 2.45) is 17.3 Å². The van der Waals surface area contributed by atoms with Gasteiger partial charge in [-0.2, -0.15) is 0 Å². The molecule has 1 heterocycles. The molecular weight excluding hydrogens is 212 g/mol. The van der Waals surface area contributed by atoms with E-state index in [2.05, 4.69) is 17.6 Å². The Labute approximate surface area is 104 Å². The second-order valence-electron chi connectivity index (χ2n) is 6.60. The summed E-state index contributed by atoms with van der Waals surface area (Å²) in [6.07, 6.45) is 7.49. The van der Waals surface area contributed by atoms with Gasteiger partial charge in [-0.3, -0.25) is 4.79 Å². The molecule has 2 saturated carbocycles. The molecule has 3 aliphatic rings. The summed E-state index contributed by atoms with van der Waals surface area (Å²) in [5.74, 6) is 1.98. The number of carbonyl (C=O) groups is 1. The molecule has 4 unspecified atom stereocenters. The first-order valence-electron chi connectivity index (χ1n) is 7.19. The maximum absolute atomic E-state index is 12.4. The van der Waals surface area contributed by atoms with E-state index < -0.39 is 0 Å². The summed E-state index contributed by atoms with van der Waals surface area (Å²) in [7, 11) is 0. The number of amides is 1. The molecule has 0 aromatic carbocycles. The highest BCUT2D eigenvalue weighted by molar-refractivity contribution is 5.83. The van der Waals surface area contributed by atoms with Crippen LogP contribution in [-0.4, -0.2) is 25.0 Å². The summed E-state index contributed by atoms with van der Waals surface area (Å²) < 4.78 is 0. The van der Waals surface area contributed by atoms with Crippen molar-refractivity contribution in [3.63, 3.8) is 0 Å². The Morgan fingerprint density at radius 1 is 1.35 bits per heavy atom. The first-order chi connectivity index (χ1) is 8.17. The van der Waals surface area contributed by atoms with E-state index in [-0.39, 0.29) is 5.41 Å². The normalized spacial score (nSPS) is 44.9. The van der Waals surface area contributed by atoms with Crippen LogP contribution >= 0.6 is 0 Å². The number of hydrogen-bond acceptors (Lipinski definition) is 2. The molecule has 0 aromatic heterocycles. The second kappa shape index (κ2) is 4.27. The van der Waals surface area contributed by atoms with E-state index >= 15 is 0 Å². The van der Waals surface area contributed by atoms with Gasteiger partial charge in [0, 0.05) is 12.6 Å². The first kappa shape index (κ1) is 11.5. The van der Waals surface area contributed by atoms with Crippen LogP contribution in [0.5, 0.6) is 0 Å². The molecule has 3 fully saturated rings. The fraction of sp³-hybridized carbons (Fsp3) is 0.929. The molecule has 1 amide bonds. The third-order valence-electron chi connectivity index (χ3n) is 5.20. The van der Waals surface area contributed by atoms with Crippen molar-refractivity contribution in [2.45, 2.75) is 51.5 Å². The minimum atomic E-state index is -0.167. The van der Waals surface area contributed by atoms with Gasteiger partial charge in [0.1, 0.15) is 0 Å². The van der Waals surface area contributed by atoms with E-state index in [1.165, 1.54) is 25.7 Å². The number of piperidine rings is 1. The topological polar surface area (TPSA) is 41.1 Å². The van der Waals surface area contributed by atoms with E-state index in [0.29, 0.717) is 11.9 Å². The van der Waals surface area contributed by atoms with Crippen molar-refractivity contribution in [1.29, 1.82) is 0 Å². The predicted molar refractivity (Wildman–Crippen MR) is 67.6 cm³/mol. The highest BCUT2D eigenvalue weighted by Crippen LogP contribution is 2.44. The Balaban J connectivity index is 1.59. The van der Waals surface area contributed by atoms with Gasteiger partial charge in [0.25, 0.3) is 0 Å². The molecule has 0 aromatic rings. The summed E-state index contributed by atoms with van der Waals surface area (Å²) in [4.78, 5) is 12.4. The Hall–Kier alpha value is -0.570. The van der Waals surface area contributed by atoms with E-state index in [0.717, 1.165) is 37.8 Å². The fourth-order valence-corrected chi connectivity index (χ4v) is 4.01. The molecule has 2 aliphatic carbocycles. The van der Waals surface area contributed by atoms with Crippen LogP contribution in [0.1, 0.15) is 45.4 Å². The molecule has 3 nitrogen and oxygen atoms in total. The Morgan fingerprint density at radius 3 is 2.82 bits per heavy atom. The number of rotatable bonds is 2. The molecule has 0 radical (unpaired) electrons. The van der Waals surface area contributed by atoms with Gasteiger partial charge < -0.3 is 10.6 Å². The molecule has 1 saturated heterocycles. The van der Waals surface area contributed by atoms with Crippen molar-refractivity contribution >= 4 is 5.91 Å². The standard InChI is InChI=1S/C14H24N2O/c1-14(5-2-6-15-9-14)13(17)16-12-8-10-3-4-11(12)7-10/h10-12,15H,2-9H2,1H3,(H,16,17). The van der Waals surface area contributed by atoms with Gasteiger partial charge in [-0.1, -0.05) is 6.42 Å². The average molecular weight is 236 g/mol. The Bertz CT molecular complexity index is 309. The van der Waals surface area contributed by atoms with Gasteiger partial charge in [-0.25, -0.2) is 0 Å². The summed E-state index contributed by atoms with van der Waals surface area (Å²) in [6, 6.07) is 0.486. The van der Waals surface area contributed by atoms with Gasteiger partial charge in [-0.05, 0) is 57.4 Å². The first-order valence-corrected chi connectivity index (χ1v) is 7.19. The Kier molecular flexibility index (Phi) is 2.89. The molecule has 96 valence electrons. The average Bonchev–Trinajstić information content (AvgIpc) is 2.92. The summed E-state index contributed by atoms with van der Waals surface area (Å²) in [5.41, 5.74) is -0.167. The highest BCUT2D eigenvalue weighted by atomic mass is 16.2. The van der Waals surface area contributed by atoms with E-state index in [9.17, 15) is 4.79 Å². The maximum Gasteiger partial charge on any atom is 0.227 e. The van der Waals surface area contributed by atoms with Crippen LogP contribution in [-0.2, 0) is 4.79 Å². The molecule has 17 heavy (non-hydrogen) atoms. The number of fused-ring (bicyclic) bond motifs is 2.